The van der Waals surface area contributed by atoms with Gasteiger partial charge in [-0.05, 0) is 6.42 Å². The van der Waals surface area contributed by atoms with Gasteiger partial charge in [-0.3, -0.25) is 0 Å². The van der Waals surface area contributed by atoms with Crippen LogP contribution in [0.2, 0.25) is 0 Å². The number of rotatable bonds is 6. The van der Waals surface area contributed by atoms with Crippen LogP contribution in [0.3, 0.4) is 0 Å². The van der Waals surface area contributed by atoms with Crippen LogP contribution in [0.15, 0.2) is 11.6 Å². The smallest absolute Gasteiger partial charge is 0.415 e. The highest BCUT2D eigenvalue weighted by Gasteiger charge is 2.37. The number of aliphatic hydroxyl groups is 1. The fourth-order valence-corrected chi connectivity index (χ4v) is 1.03. The molecule has 1 unspecified atom stereocenters. The standard InChI is InChI=1S/C10H16F3NO3/c1-3-7(9(16)17-2)4-5-14-6-8(15)10(11,12)13/h4,8,14-15H,3,5-6H2,1-2H3. The number of nitrogens with one attached hydrogen (secondary N) is 1. The van der Waals surface area contributed by atoms with Crippen molar-refractivity contribution in [1.29, 1.82) is 0 Å². The van der Waals surface area contributed by atoms with Gasteiger partial charge in [0.25, 0.3) is 0 Å². The average Bonchev–Trinajstić information content (AvgIpc) is 2.26. The predicted octanol–water partition coefficient (Wildman–Crippen LogP) is 1.01. The maximum Gasteiger partial charge on any atom is 0.415 e. The van der Waals surface area contributed by atoms with Gasteiger partial charge in [-0.15, -0.1) is 0 Å². The molecular formula is C10H16F3NO3. The highest BCUT2D eigenvalue weighted by Crippen LogP contribution is 2.19. The molecule has 0 spiro atoms. The van der Waals surface area contributed by atoms with E-state index in [1.165, 1.54) is 13.2 Å². The lowest BCUT2D eigenvalue weighted by Gasteiger charge is -2.14. The molecule has 0 saturated heterocycles. The van der Waals surface area contributed by atoms with Crippen LogP contribution in [0, 0.1) is 0 Å². The molecule has 4 nitrogen and oxygen atoms in total. The average molecular weight is 255 g/mol. The third-order valence-electron chi connectivity index (χ3n) is 2.04. The highest BCUT2D eigenvalue weighted by atomic mass is 19.4. The van der Waals surface area contributed by atoms with E-state index in [1.54, 1.807) is 6.92 Å². The summed E-state index contributed by atoms with van der Waals surface area (Å²) >= 11 is 0. The summed E-state index contributed by atoms with van der Waals surface area (Å²) in [5, 5.41) is 11.0. The Balaban J connectivity index is 4.05. The predicted molar refractivity (Wildman–Crippen MR) is 55.3 cm³/mol. The van der Waals surface area contributed by atoms with Crippen LogP contribution in [0.5, 0.6) is 0 Å². The molecule has 0 aliphatic rings. The van der Waals surface area contributed by atoms with E-state index in [-0.39, 0.29) is 6.54 Å². The maximum absolute atomic E-state index is 11.9. The molecule has 0 radical (unpaired) electrons. The molecule has 0 rings (SSSR count). The number of carbonyl (C=O) groups excluding carboxylic acids is 1. The Hall–Kier alpha value is -1.08. The number of ether oxygens (including phenoxy) is 1. The van der Waals surface area contributed by atoms with Gasteiger partial charge in [0.15, 0.2) is 6.10 Å². The van der Waals surface area contributed by atoms with Crippen LogP contribution < -0.4 is 5.32 Å². The molecular weight excluding hydrogens is 239 g/mol. The van der Waals surface area contributed by atoms with Crippen LogP contribution >= 0.6 is 0 Å². The molecule has 0 heterocycles. The van der Waals surface area contributed by atoms with Crippen molar-refractivity contribution in [2.75, 3.05) is 20.2 Å². The molecule has 2 N–H and O–H groups in total. The first kappa shape index (κ1) is 15.9. The second-order valence-electron chi connectivity index (χ2n) is 3.29. The van der Waals surface area contributed by atoms with Crippen LogP contribution in [-0.4, -0.2) is 43.6 Å². The third-order valence-corrected chi connectivity index (χ3v) is 2.04. The second-order valence-corrected chi connectivity index (χ2v) is 3.29. The van der Waals surface area contributed by atoms with E-state index in [2.05, 4.69) is 10.1 Å². The van der Waals surface area contributed by atoms with Crippen LogP contribution in [0.25, 0.3) is 0 Å². The zero-order valence-corrected chi connectivity index (χ0v) is 9.67. The van der Waals surface area contributed by atoms with Gasteiger partial charge in [-0.1, -0.05) is 13.0 Å². The molecule has 1 atom stereocenters. The Labute approximate surface area is 97.4 Å². The van der Waals surface area contributed by atoms with Crippen molar-refractivity contribution in [2.45, 2.75) is 25.6 Å². The fourth-order valence-electron chi connectivity index (χ4n) is 1.03. The lowest BCUT2D eigenvalue weighted by Crippen LogP contribution is -2.38. The van der Waals surface area contributed by atoms with Crippen molar-refractivity contribution in [3.63, 3.8) is 0 Å². The molecule has 17 heavy (non-hydrogen) atoms. The number of esters is 1. The molecule has 7 heteroatoms. The fraction of sp³-hybridized carbons (Fsp3) is 0.700. The van der Waals surface area contributed by atoms with Gasteiger partial charge in [-0.25, -0.2) is 4.79 Å². The normalized spacial score (nSPS) is 14.6. The Bertz CT molecular complexity index is 276. The number of hydrogen-bond acceptors (Lipinski definition) is 4. The summed E-state index contributed by atoms with van der Waals surface area (Å²) in [4.78, 5) is 11.1. The Morgan fingerprint density at radius 1 is 1.53 bits per heavy atom. The Morgan fingerprint density at radius 3 is 2.53 bits per heavy atom. The van der Waals surface area contributed by atoms with Crippen molar-refractivity contribution < 1.29 is 27.8 Å². The molecule has 0 aliphatic heterocycles. The molecule has 0 saturated carbocycles. The first-order valence-electron chi connectivity index (χ1n) is 5.05. The first-order chi connectivity index (χ1) is 7.82. The SMILES string of the molecule is CCC(=CCNCC(O)C(F)(F)F)C(=O)OC. The van der Waals surface area contributed by atoms with E-state index < -0.39 is 24.8 Å². The lowest BCUT2D eigenvalue weighted by atomic mass is 10.2. The van der Waals surface area contributed by atoms with Gasteiger partial charge in [0.1, 0.15) is 0 Å². The van der Waals surface area contributed by atoms with Crippen LogP contribution in [0.4, 0.5) is 13.2 Å². The van der Waals surface area contributed by atoms with Crippen molar-refractivity contribution in [1.82, 2.24) is 5.32 Å². The minimum Gasteiger partial charge on any atom is -0.466 e. The van der Waals surface area contributed by atoms with Crippen LogP contribution in [0.1, 0.15) is 13.3 Å². The molecule has 0 fully saturated rings. The minimum absolute atomic E-state index is 0.0609. The molecule has 0 aliphatic carbocycles. The molecule has 0 aromatic carbocycles. The van der Waals surface area contributed by atoms with Gasteiger partial charge < -0.3 is 15.2 Å². The van der Waals surface area contributed by atoms with E-state index in [1.807, 2.05) is 0 Å². The Kier molecular flexibility index (Phi) is 6.82. The molecule has 0 aromatic heterocycles. The number of hydrogen-bond donors (Lipinski definition) is 2. The summed E-state index contributed by atoms with van der Waals surface area (Å²) in [6.45, 7) is 1.18. The Morgan fingerprint density at radius 2 is 2.12 bits per heavy atom. The van der Waals surface area contributed by atoms with Crippen molar-refractivity contribution >= 4 is 5.97 Å². The van der Waals surface area contributed by atoms with Gasteiger partial charge in [0, 0.05) is 18.7 Å². The number of aliphatic hydroxyl groups excluding tert-OH is 1. The third kappa shape index (κ3) is 6.28. The largest absolute Gasteiger partial charge is 0.466 e. The number of methoxy groups -OCH3 is 1. The molecule has 0 bridgehead atoms. The molecule has 0 aromatic rings. The molecule has 0 amide bonds. The lowest BCUT2D eigenvalue weighted by molar-refractivity contribution is -0.201. The quantitative estimate of drug-likeness (QED) is 0.422. The van der Waals surface area contributed by atoms with Crippen LogP contribution in [-0.2, 0) is 9.53 Å². The summed E-state index contributed by atoms with van der Waals surface area (Å²) in [5.41, 5.74) is 0.376. The van der Waals surface area contributed by atoms with Crippen molar-refractivity contribution in [2.24, 2.45) is 0 Å². The number of halogens is 3. The van der Waals surface area contributed by atoms with Crippen molar-refractivity contribution in [3.8, 4) is 0 Å². The first-order valence-corrected chi connectivity index (χ1v) is 5.05. The van der Waals surface area contributed by atoms with Gasteiger partial charge in [0.05, 0.1) is 7.11 Å². The van der Waals surface area contributed by atoms with E-state index in [9.17, 15) is 18.0 Å². The highest BCUT2D eigenvalue weighted by molar-refractivity contribution is 5.88. The van der Waals surface area contributed by atoms with E-state index in [4.69, 9.17) is 5.11 Å². The second kappa shape index (κ2) is 7.29. The van der Waals surface area contributed by atoms with Gasteiger partial charge >= 0.3 is 12.1 Å². The summed E-state index contributed by atoms with van der Waals surface area (Å²) < 4.78 is 40.2. The molecule has 100 valence electrons. The van der Waals surface area contributed by atoms with E-state index in [0.717, 1.165) is 0 Å². The topological polar surface area (TPSA) is 58.6 Å². The zero-order chi connectivity index (χ0) is 13.5. The van der Waals surface area contributed by atoms with Gasteiger partial charge in [-0.2, -0.15) is 13.2 Å². The van der Waals surface area contributed by atoms with Gasteiger partial charge in [0.2, 0.25) is 0 Å². The number of carbonyl (C=O) groups is 1. The summed E-state index contributed by atoms with van der Waals surface area (Å²) in [6, 6.07) is 0. The van der Waals surface area contributed by atoms with E-state index in [0.29, 0.717) is 12.0 Å². The minimum atomic E-state index is -4.63. The number of alkyl halides is 3. The van der Waals surface area contributed by atoms with Crippen molar-refractivity contribution in [3.05, 3.63) is 11.6 Å². The summed E-state index contributed by atoms with van der Waals surface area (Å²) in [6.07, 6.45) is -5.17. The summed E-state index contributed by atoms with van der Waals surface area (Å²) in [7, 11) is 1.23. The zero-order valence-electron chi connectivity index (χ0n) is 9.67. The monoisotopic (exact) mass is 255 g/mol. The maximum atomic E-state index is 11.9. The summed E-state index contributed by atoms with van der Waals surface area (Å²) in [5.74, 6) is -0.509. The van der Waals surface area contributed by atoms with E-state index >= 15 is 0 Å².